The molecule has 0 aliphatic carbocycles. The summed E-state index contributed by atoms with van der Waals surface area (Å²) in [6.45, 7) is 4.29. The van der Waals surface area contributed by atoms with Gasteiger partial charge in [-0.25, -0.2) is 0 Å². The van der Waals surface area contributed by atoms with Gasteiger partial charge in [0.1, 0.15) is 5.76 Å². The quantitative estimate of drug-likeness (QED) is 0.878. The largest absolute Gasteiger partial charge is 0.468 e. The predicted octanol–water partition coefficient (Wildman–Crippen LogP) is 2.11. The Morgan fingerprint density at radius 3 is 3.00 bits per heavy atom. The van der Waals surface area contributed by atoms with Gasteiger partial charge in [-0.3, -0.25) is 4.90 Å². The second-order valence-electron chi connectivity index (χ2n) is 4.32. The molecule has 1 aromatic rings. The van der Waals surface area contributed by atoms with Crippen molar-refractivity contribution in [2.75, 3.05) is 24.6 Å². The zero-order chi connectivity index (χ0) is 11.4. The number of hydrogen-bond acceptors (Lipinski definition) is 4. The number of hydrogen-bond donors (Lipinski definition) is 1. The molecule has 2 atom stereocenters. The summed E-state index contributed by atoms with van der Waals surface area (Å²) >= 11 is 2.03. The molecule has 0 saturated carbocycles. The maximum absolute atomic E-state index is 6.10. The van der Waals surface area contributed by atoms with Crippen molar-refractivity contribution in [3.63, 3.8) is 0 Å². The lowest BCUT2D eigenvalue weighted by Gasteiger charge is -2.31. The molecular formula is C12H20N2OS. The fourth-order valence-corrected chi connectivity index (χ4v) is 3.18. The van der Waals surface area contributed by atoms with Gasteiger partial charge in [0, 0.05) is 18.3 Å². The highest BCUT2D eigenvalue weighted by Gasteiger charge is 2.26. The summed E-state index contributed by atoms with van der Waals surface area (Å²) in [5.74, 6) is 3.46. The second-order valence-corrected chi connectivity index (χ2v) is 5.55. The molecule has 4 heteroatoms. The van der Waals surface area contributed by atoms with E-state index in [9.17, 15) is 0 Å². The van der Waals surface area contributed by atoms with Crippen LogP contribution in [0.2, 0.25) is 0 Å². The average molecular weight is 240 g/mol. The van der Waals surface area contributed by atoms with Crippen LogP contribution in [0.1, 0.15) is 25.1 Å². The zero-order valence-corrected chi connectivity index (χ0v) is 10.6. The first-order valence-electron chi connectivity index (χ1n) is 5.90. The molecule has 16 heavy (non-hydrogen) atoms. The molecule has 0 radical (unpaired) electrons. The fraction of sp³-hybridized carbons (Fsp3) is 0.667. The SMILES string of the molecule is CC(N)C(c1ccco1)N1CCCSCC1. The van der Waals surface area contributed by atoms with Crippen molar-refractivity contribution in [2.24, 2.45) is 5.73 Å². The van der Waals surface area contributed by atoms with Crippen LogP contribution in [0.15, 0.2) is 22.8 Å². The summed E-state index contributed by atoms with van der Waals surface area (Å²) in [5.41, 5.74) is 6.10. The third-order valence-corrected chi connectivity index (χ3v) is 4.03. The molecule has 2 rings (SSSR count). The van der Waals surface area contributed by atoms with Gasteiger partial charge in [0.05, 0.1) is 12.3 Å². The standard InChI is InChI=1S/C12H20N2OS/c1-10(13)12(11-4-2-7-15-11)14-5-3-8-16-9-6-14/h2,4,7,10,12H,3,5-6,8-9,13H2,1H3. The zero-order valence-electron chi connectivity index (χ0n) is 9.76. The molecule has 2 N–H and O–H groups in total. The average Bonchev–Trinajstić information content (AvgIpc) is 2.62. The molecule has 2 unspecified atom stereocenters. The van der Waals surface area contributed by atoms with E-state index in [1.165, 1.54) is 17.9 Å². The number of furan rings is 1. The smallest absolute Gasteiger partial charge is 0.122 e. The first kappa shape index (κ1) is 12.0. The van der Waals surface area contributed by atoms with Crippen molar-refractivity contribution in [1.82, 2.24) is 4.90 Å². The third kappa shape index (κ3) is 2.81. The maximum atomic E-state index is 6.10. The Morgan fingerprint density at radius 1 is 1.44 bits per heavy atom. The Kier molecular flexibility index (Phi) is 4.32. The van der Waals surface area contributed by atoms with Crippen LogP contribution >= 0.6 is 11.8 Å². The fourth-order valence-electron chi connectivity index (χ4n) is 2.27. The van der Waals surface area contributed by atoms with Gasteiger partial charge in [0.25, 0.3) is 0 Å². The normalized spacial score (nSPS) is 22.6. The molecule has 3 nitrogen and oxygen atoms in total. The molecule has 0 amide bonds. The molecule has 1 aliphatic heterocycles. The van der Waals surface area contributed by atoms with Gasteiger partial charge in [-0.1, -0.05) is 0 Å². The number of nitrogens with zero attached hydrogens (tertiary/aromatic N) is 1. The van der Waals surface area contributed by atoms with E-state index in [1.807, 2.05) is 23.9 Å². The van der Waals surface area contributed by atoms with Crippen LogP contribution in [-0.4, -0.2) is 35.5 Å². The van der Waals surface area contributed by atoms with E-state index in [0.717, 1.165) is 18.8 Å². The van der Waals surface area contributed by atoms with Crippen LogP contribution in [-0.2, 0) is 0 Å². The molecule has 1 fully saturated rings. The predicted molar refractivity (Wildman–Crippen MR) is 68.6 cm³/mol. The minimum absolute atomic E-state index is 0.106. The van der Waals surface area contributed by atoms with Crippen molar-refractivity contribution in [1.29, 1.82) is 0 Å². The van der Waals surface area contributed by atoms with Gasteiger partial charge in [-0.2, -0.15) is 11.8 Å². The Labute approximate surface area is 101 Å². The molecule has 0 bridgehead atoms. The van der Waals surface area contributed by atoms with Gasteiger partial charge < -0.3 is 10.2 Å². The van der Waals surface area contributed by atoms with Gasteiger partial charge in [0.2, 0.25) is 0 Å². The highest BCUT2D eigenvalue weighted by Crippen LogP contribution is 2.26. The highest BCUT2D eigenvalue weighted by molar-refractivity contribution is 7.99. The molecule has 1 aliphatic rings. The van der Waals surface area contributed by atoms with Crippen molar-refractivity contribution in [3.05, 3.63) is 24.2 Å². The van der Waals surface area contributed by atoms with Crippen LogP contribution in [0.5, 0.6) is 0 Å². The molecule has 0 spiro atoms. The lowest BCUT2D eigenvalue weighted by molar-refractivity contribution is 0.167. The minimum atomic E-state index is 0.106. The van der Waals surface area contributed by atoms with Crippen molar-refractivity contribution >= 4 is 11.8 Å². The highest BCUT2D eigenvalue weighted by atomic mass is 32.2. The molecule has 1 aromatic heterocycles. The molecule has 0 aromatic carbocycles. The first-order chi connectivity index (χ1) is 7.79. The lowest BCUT2D eigenvalue weighted by Crippen LogP contribution is -2.40. The van der Waals surface area contributed by atoms with Crippen LogP contribution in [0.3, 0.4) is 0 Å². The Hall–Kier alpha value is -0.450. The molecular weight excluding hydrogens is 220 g/mol. The summed E-state index contributed by atoms with van der Waals surface area (Å²) < 4.78 is 5.52. The number of nitrogens with two attached hydrogens (primary N) is 1. The molecule has 1 saturated heterocycles. The van der Waals surface area contributed by atoms with Crippen molar-refractivity contribution in [2.45, 2.75) is 25.4 Å². The third-order valence-electron chi connectivity index (χ3n) is 2.98. The molecule has 90 valence electrons. The van der Waals surface area contributed by atoms with Crippen LogP contribution in [0.4, 0.5) is 0 Å². The van der Waals surface area contributed by atoms with E-state index >= 15 is 0 Å². The maximum Gasteiger partial charge on any atom is 0.122 e. The van der Waals surface area contributed by atoms with E-state index in [4.69, 9.17) is 10.2 Å². The summed E-state index contributed by atoms with van der Waals surface area (Å²) in [6, 6.07) is 4.31. The van der Waals surface area contributed by atoms with Gasteiger partial charge in [-0.05, 0) is 37.8 Å². The van der Waals surface area contributed by atoms with Crippen LogP contribution in [0, 0.1) is 0 Å². The summed E-state index contributed by atoms with van der Waals surface area (Å²) in [7, 11) is 0. The van der Waals surface area contributed by atoms with Gasteiger partial charge in [0.15, 0.2) is 0 Å². The van der Waals surface area contributed by atoms with Gasteiger partial charge in [-0.15, -0.1) is 0 Å². The molecule has 2 heterocycles. The van der Waals surface area contributed by atoms with E-state index in [-0.39, 0.29) is 12.1 Å². The van der Waals surface area contributed by atoms with E-state index in [0.29, 0.717) is 0 Å². The van der Waals surface area contributed by atoms with E-state index < -0.39 is 0 Å². The Bertz CT molecular complexity index is 292. The first-order valence-corrected chi connectivity index (χ1v) is 7.05. The van der Waals surface area contributed by atoms with Crippen LogP contribution in [0.25, 0.3) is 0 Å². The minimum Gasteiger partial charge on any atom is -0.468 e. The number of thioether (sulfide) groups is 1. The van der Waals surface area contributed by atoms with Crippen LogP contribution < -0.4 is 5.73 Å². The topological polar surface area (TPSA) is 42.4 Å². The Morgan fingerprint density at radius 2 is 2.31 bits per heavy atom. The summed E-state index contributed by atoms with van der Waals surface area (Å²) in [6.07, 6.45) is 2.98. The van der Waals surface area contributed by atoms with E-state index in [2.05, 4.69) is 11.8 Å². The summed E-state index contributed by atoms with van der Waals surface area (Å²) in [5, 5.41) is 0. The second kappa shape index (κ2) is 5.75. The lowest BCUT2D eigenvalue weighted by atomic mass is 10.1. The van der Waals surface area contributed by atoms with E-state index in [1.54, 1.807) is 6.26 Å². The van der Waals surface area contributed by atoms with Gasteiger partial charge >= 0.3 is 0 Å². The van der Waals surface area contributed by atoms with Crippen molar-refractivity contribution < 1.29 is 4.42 Å². The monoisotopic (exact) mass is 240 g/mol. The summed E-state index contributed by atoms with van der Waals surface area (Å²) in [4.78, 5) is 2.46. The Balaban J connectivity index is 2.12. The number of rotatable bonds is 3. The van der Waals surface area contributed by atoms with Crippen molar-refractivity contribution in [3.8, 4) is 0 Å².